The summed E-state index contributed by atoms with van der Waals surface area (Å²) >= 11 is 6.27. The first-order chi connectivity index (χ1) is 11.1. The van der Waals surface area contributed by atoms with Gasteiger partial charge in [0.2, 0.25) is 0 Å². The van der Waals surface area contributed by atoms with E-state index in [0.717, 1.165) is 16.9 Å². The number of aliphatic imine (C=N–C) groups is 1. The molecule has 4 heteroatoms. The van der Waals surface area contributed by atoms with Gasteiger partial charge in [-0.15, -0.1) is 0 Å². The van der Waals surface area contributed by atoms with Gasteiger partial charge in [-0.3, -0.25) is 4.99 Å². The lowest BCUT2D eigenvalue weighted by atomic mass is 9.99. The number of halogens is 2. The molecule has 3 rings (SSSR count). The van der Waals surface area contributed by atoms with Crippen LogP contribution in [-0.2, 0) is 0 Å². The highest BCUT2D eigenvalue weighted by atomic mass is 35.5. The lowest BCUT2D eigenvalue weighted by Crippen LogP contribution is -2.07. The van der Waals surface area contributed by atoms with Crippen LogP contribution >= 0.6 is 11.6 Å². The maximum Gasteiger partial charge on any atom is 0.126 e. The van der Waals surface area contributed by atoms with E-state index in [1.165, 1.54) is 6.07 Å². The fraction of sp³-hybridized carbons (Fsp3) is 0.211. The van der Waals surface area contributed by atoms with Gasteiger partial charge in [0.05, 0.1) is 12.3 Å². The molecule has 1 heterocycles. The van der Waals surface area contributed by atoms with Crippen molar-refractivity contribution in [2.24, 2.45) is 4.99 Å². The van der Waals surface area contributed by atoms with Gasteiger partial charge < -0.3 is 5.32 Å². The van der Waals surface area contributed by atoms with Crippen molar-refractivity contribution in [3.8, 4) is 0 Å². The third-order valence-electron chi connectivity index (χ3n) is 3.42. The summed E-state index contributed by atoms with van der Waals surface area (Å²) in [4.78, 5) is 4.55. The number of fused-ring (bicyclic) bond motifs is 1. The van der Waals surface area contributed by atoms with Gasteiger partial charge in [-0.2, -0.15) is 0 Å². The number of aryl methyl sites for hydroxylation is 1. The van der Waals surface area contributed by atoms with Crippen LogP contribution in [0.2, 0.25) is 5.02 Å². The minimum absolute atomic E-state index is 0.261. The molecule has 0 bridgehead atoms. The van der Waals surface area contributed by atoms with E-state index in [9.17, 15) is 4.39 Å². The Bertz CT molecular complexity index is 766. The summed E-state index contributed by atoms with van der Waals surface area (Å²) in [5.41, 5.74) is 4.32. The van der Waals surface area contributed by atoms with Crippen molar-refractivity contribution in [2.75, 3.05) is 11.9 Å². The highest BCUT2D eigenvalue weighted by Gasteiger charge is 2.19. The van der Waals surface area contributed by atoms with E-state index in [1.807, 2.05) is 32.0 Å². The number of nitrogens with zero attached hydrogens (tertiary/aromatic N) is 1. The lowest BCUT2D eigenvalue weighted by molar-refractivity contribution is 0.618. The highest BCUT2D eigenvalue weighted by molar-refractivity contribution is 6.35. The maximum absolute atomic E-state index is 14.0. The molecule has 1 aliphatic rings. The first-order valence-electron chi connectivity index (χ1n) is 7.61. The Morgan fingerprint density at radius 3 is 2.57 bits per heavy atom. The Balaban J connectivity index is 0.000000924. The summed E-state index contributed by atoms with van der Waals surface area (Å²) in [6, 6.07) is 10.7. The first kappa shape index (κ1) is 17.2. The van der Waals surface area contributed by atoms with Gasteiger partial charge in [0, 0.05) is 27.5 Å². The standard InChI is InChI=1S/C17H14ClFN2.C2H6/c1-10-7-16-13(8-15(10)19)17(20-9-11(2)21-16)12-5-3-4-6-14(12)18;1-2/h3-8,21H,2,9H2,1H3;1-2H3. The topological polar surface area (TPSA) is 24.4 Å². The van der Waals surface area contributed by atoms with Crippen molar-refractivity contribution in [1.82, 2.24) is 0 Å². The fourth-order valence-corrected chi connectivity index (χ4v) is 2.58. The first-order valence-corrected chi connectivity index (χ1v) is 7.98. The number of nitrogens with one attached hydrogen (secondary N) is 1. The maximum atomic E-state index is 14.0. The predicted molar refractivity (Wildman–Crippen MR) is 97.2 cm³/mol. The van der Waals surface area contributed by atoms with Gasteiger partial charge in [-0.05, 0) is 30.7 Å². The van der Waals surface area contributed by atoms with Gasteiger partial charge in [0.1, 0.15) is 5.82 Å². The number of hydrogen-bond acceptors (Lipinski definition) is 2. The van der Waals surface area contributed by atoms with E-state index >= 15 is 0 Å². The number of benzodiazepines with no additional fused rings is 1. The molecule has 0 spiro atoms. The molecule has 1 N–H and O–H groups in total. The Kier molecular flexibility index (Phi) is 5.56. The molecule has 0 unspecified atom stereocenters. The molecule has 2 aromatic rings. The van der Waals surface area contributed by atoms with Crippen molar-refractivity contribution >= 4 is 23.0 Å². The molecule has 0 amide bonds. The van der Waals surface area contributed by atoms with E-state index in [1.54, 1.807) is 19.1 Å². The highest BCUT2D eigenvalue weighted by Crippen LogP contribution is 2.29. The molecule has 0 aromatic heterocycles. The molecule has 2 nitrogen and oxygen atoms in total. The minimum atomic E-state index is -0.261. The van der Waals surface area contributed by atoms with Crippen LogP contribution in [0, 0.1) is 12.7 Å². The average molecular weight is 331 g/mol. The van der Waals surface area contributed by atoms with E-state index in [2.05, 4.69) is 16.9 Å². The fourth-order valence-electron chi connectivity index (χ4n) is 2.35. The number of benzene rings is 2. The van der Waals surface area contributed by atoms with Crippen LogP contribution in [0.3, 0.4) is 0 Å². The van der Waals surface area contributed by atoms with Crippen molar-refractivity contribution < 1.29 is 4.39 Å². The summed E-state index contributed by atoms with van der Waals surface area (Å²) in [6.45, 7) is 10.1. The quantitative estimate of drug-likeness (QED) is 0.724. The number of rotatable bonds is 1. The largest absolute Gasteiger partial charge is 0.357 e. The predicted octanol–water partition coefficient (Wildman–Crippen LogP) is 5.59. The zero-order chi connectivity index (χ0) is 17.0. The van der Waals surface area contributed by atoms with E-state index < -0.39 is 0 Å². The second-order valence-electron chi connectivity index (χ2n) is 5.02. The van der Waals surface area contributed by atoms with Crippen LogP contribution in [0.1, 0.15) is 30.5 Å². The lowest BCUT2D eigenvalue weighted by Gasteiger charge is -2.13. The third-order valence-corrected chi connectivity index (χ3v) is 3.75. The second-order valence-corrected chi connectivity index (χ2v) is 5.43. The summed E-state index contributed by atoms with van der Waals surface area (Å²) in [6.07, 6.45) is 0. The number of hydrogen-bond donors (Lipinski definition) is 1. The Hall–Kier alpha value is -2.13. The zero-order valence-corrected chi connectivity index (χ0v) is 14.3. The van der Waals surface area contributed by atoms with Crippen molar-refractivity contribution in [3.63, 3.8) is 0 Å². The van der Waals surface area contributed by atoms with Gasteiger partial charge in [0.15, 0.2) is 0 Å². The minimum Gasteiger partial charge on any atom is -0.357 e. The molecular formula is C19H20ClFN2. The Morgan fingerprint density at radius 1 is 1.17 bits per heavy atom. The molecule has 0 fully saturated rings. The molecule has 0 radical (unpaired) electrons. The molecule has 0 saturated heterocycles. The van der Waals surface area contributed by atoms with Crippen molar-refractivity contribution in [3.05, 3.63) is 76.2 Å². The van der Waals surface area contributed by atoms with Gasteiger partial charge in [-0.1, -0.05) is 50.2 Å². The van der Waals surface area contributed by atoms with Crippen LogP contribution in [-0.4, -0.2) is 12.3 Å². The van der Waals surface area contributed by atoms with Crippen molar-refractivity contribution in [1.29, 1.82) is 0 Å². The summed E-state index contributed by atoms with van der Waals surface area (Å²) in [5, 5.41) is 3.78. The van der Waals surface area contributed by atoms with Crippen LogP contribution in [0.5, 0.6) is 0 Å². The summed E-state index contributed by atoms with van der Waals surface area (Å²) in [7, 11) is 0. The Morgan fingerprint density at radius 2 is 1.87 bits per heavy atom. The monoisotopic (exact) mass is 330 g/mol. The van der Waals surface area contributed by atoms with Crippen LogP contribution < -0.4 is 5.32 Å². The Labute approximate surface area is 141 Å². The summed E-state index contributed by atoms with van der Waals surface area (Å²) in [5.74, 6) is -0.261. The molecule has 0 aliphatic carbocycles. The third kappa shape index (κ3) is 3.62. The van der Waals surface area contributed by atoms with Crippen molar-refractivity contribution in [2.45, 2.75) is 20.8 Å². The van der Waals surface area contributed by atoms with Crippen LogP contribution in [0.4, 0.5) is 10.1 Å². The molecule has 2 aromatic carbocycles. The van der Waals surface area contributed by atoms with E-state index in [-0.39, 0.29) is 5.82 Å². The smallest absolute Gasteiger partial charge is 0.126 e. The molecule has 120 valence electrons. The molecule has 23 heavy (non-hydrogen) atoms. The van der Waals surface area contributed by atoms with E-state index in [0.29, 0.717) is 28.4 Å². The normalized spacial score (nSPS) is 13.1. The zero-order valence-electron chi connectivity index (χ0n) is 13.6. The van der Waals surface area contributed by atoms with Gasteiger partial charge in [0.25, 0.3) is 0 Å². The summed E-state index contributed by atoms with van der Waals surface area (Å²) < 4.78 is 14.0. The van der Waals surface area contributed by atoms with Crippen LogP contribution in [0.15, 0.2) is 53.7 Å². The molecule has 1 aliphatic heterocycles. The SMILES string of the molecule is C=C1CN=C(c2ccccc2Cl)c2cc(F)c(C)cc2N1.CC. The molecule has 0 saturated carbocycles. The molecule has 0 atom stereocenters. The van der Waals surface area contributed by atoms with Crippen LogP contribution in [0.25, 0.3) is 0 Å². The van der Waals surface area contributed by atoms with Gasteiger partial charge >= 0.3 is 0 Å². The average Bonchev–Trinajstić information content (AvgIpc) is 2.69. The van der Waals surface area contributed by atoms with E-state index in [4.69, 9.17) is 11.6 Å². The number of anilines is 1. The second kappa shape index (κ2) is 7.42. The molecular weight excluding hydrogens is 311 g/mol. The van der Waals surface area contributed by atoms with Gasteiger partial charge in [-0.25, -0.2) is 4.39 Å².